The van der Waals surface area contributed by atoms with Crippen LogP contribution in [-0.2, 0) is 14.3 Å². The van der Waals surface area contributed by atoms with Crippen LogP contribution in [0.1, 0.15) is 0 Å². The molecule has 0 aliphatic rings. The van der Waals surface area contributed by atoms with Gasteiger partial charge in [-0.15, -0.1) is 11.8 Å². The smallest absolute Gasteiger partial charge is 0.344 e. The molecule has 6 nitrogen and oxygen atoms in total. The summed E-state index contributed by atoms with van der Waals surface area (Å²) in [5.74, 6) is 0.174. The topological polar surface area (TPSA) is 73.9 Å². The maximum Gasteiger partial charge on any atom is 0.344 e. The average Bonchev–Trinajstić information content (AvgIpc) is 2.65. The number of methoxy groups -OCH3 is 1. The second kappa shape index (κ2) is 9.58. The first-order chi connectivity index (χ1) is 12.1. The number of ether oxygens (including phenoxy) is 3. The van der Waals surface area contributed by atoms with Crippen molar-refractivity contribution in [2.75, 3.05) is 31.9 Å². The number of anilines is 1. The zero-order valence-electron chi connectivity index (χ0n) is 14.0. The monoisotopic (exact) mass is 361 g/mol. The molecular weight excluding hydrogens is 342 g/mol. The number of esters is 1. The Labute approximate surface area is 150 Å². The zero-order chi connectivity index (χ0) is 18.1. The first kappa shape index (κ1) is 18.7. The molecule has 0 saturated heterocycles. The Kier molecular flexibility index (Phi) is 7.16. The van der Waals surface area contributed by atoms with Crippen LogP contribution in [0.3, 0.4) is 0 Å². The van der Waals surface area contributed by atoms with Crippen LogP contribution in [0, 0.1) is 0 Å². The summed E-state index contributed by atoms with van der Waals surface area (Å²) in [5.41, 5.74) is 0.655. The molecule has 25 heavy (non-hydrogen) atoms. The van der Waals surface area contributed by atoms with Crippen molar-refractivity contribution in [3.8, 4) is 11.5 Å². The standard InChI is InChI=1S/C18H19NO5S/c1-22-14-6-8-15(9-7-14)23-12-18(21)24-11-17(20)19-13-4-3-5-16(10-13)25-2/h3-10H,11-12H2,1-2H3,(H,19,20). The molecule has 0 aliphatic carbocycles. The van der Waals surface area contributed by atoms with Gasteiger partial charge in [0.05, 0.1) is 7.11 Å². The summed E-state index contributed by atoms with van der Waals surface area (Å²) in [6.45, 7) is -0.643. The minimum atomic E-state index is -0.621. The molecule has 0 heterocycles. The largest absolute Gasteiger partial charge is 0.497 e. The molecule has 0 unspecified atom stereocenters. The summed E-state index contributed by atoms with van der Waals surface area (Å²) in [7, 11) is 1.57. The number of rotatable bonds is 8. The van der Waals surface area contributed by atoms with E-state index in [4.69, 9.17) is 14.2 Å². The Morgan fingerprint density at radius 2 is 1.76 bits per heavy atom. The van der Waals surface area contributed by atoms with Gasteiger partial charge in [-0.25, -0.2) is 4.79 Å². The van der Waals surface area contributed by atoms with Crippen LogP contribution < -0.4 is 14.8 Å². The predicted octanol–water partition coefficient (Wildman–Crippen LogP) is 2.98. The van der Waals surface area contributed by atoms with Crippen LogP contribution in [0.5, 0.6) is 11.5 Å². The second-order valence-corrected chi connectivity index (χ2v) is 5.78. The van der Waals surface area contributed by atoms with Gasteiger partial charge in [-0.3, -0.25) is 4.79 Å². The molecular formula is C18H19NO5S. The second-order valence-electron chi connectivity index (χ2n) is 4.91. The lowest BCUT2D eigenvalue weighted by atomic mass is 10.3. The fourth-order valence-electron chi connectivity index (χ4n) is 1.90. The quantitative estimate of drug-likeness (QED) is 0.576. The number of thioether (sulfide) groups is 1. The summed E-state index contributed by atoms with van der Waals surface area (Å²) in [6.07, 6.45) is 1.95. The zero-order valence-corrected chi connectivity index (χ0v) is 14.8. The SMILES string of the molecule is COc1ccc(OCC(=O)OCC(=O)Nc2cccc(SC)c2)cc1. The molecule has 2 rings (SSSR count). The minimum Gasteiger partial charge on any atom is -0.497 e. The van der Waals surface area contributed by atoms with E-state index in [-0.39, 0.29) is 13.2 Å². The van der Waals surface area contributed by atoms with Crippen LogP contribution >= 0.6 is 11.8 Å². The Morgan fingerprint density at radius 1 is 1.04 bits per heavy atom. The van der Waals surface area contributed by atoms with E-state index in [1.807, 2.05) is 24.5 Å². The fraction of sp³-hybridized carbons (Fsp3) is 0.222. The van der Waals surface area contributed by atoms with Gasteiger partial charge in [0.15, 0.2) is 13.2 Å². The number of amides is 1. The number of nitrogens with one attached hydrogen (secondary N) is 1. The summed E-state index contributed by atoms with van der Waals surface area (Å²) in [5, 5.41) is 2.67. The summed E-state index contributed by atoms with van der Waals surface area (Å²) < 4.78 is 15.2. The average molecular weight is 361 g/mol. The van der Waals surface area contributed by atoms with Crippen molar-refractivity contribution in [1.82, 2.24) is 0 Å². The summed E-state index contributed by atoms with van der Waals surface area (Å²) in [6, 6.07) is 14.2. The van der Waals surface area contributed by atoms with E-state index < -0.39 is 11.9 Å². The van der Waals surface area contributed by atoms with Gasteiger partial charge in [-0.05, 0) is 48.7 Å². The molecule has 1 amide bonds. The maximum absolute atomic E-state index is 11.8. The highest BCUT2D eigenvalue weighted by Crippen LogP contribution is 2.19. The molecule has 0 aliphatic heterocycles. The number of benzene rings is 2. The van der Waals surface area contributed by atoms with Crippen LogP contribution in [-0.4, -0.2) is 38.5 Å². The van der Waals surface area contributed by atoms with Gasteiger partial charge < -0.3 is 19.5 Å². The molecule has 0 radical (unpaired) electrons. The molecule has 7 heteroatoms. The first-order valence-electron chi connectivity index (χ1n) is 7.47. The van der Waals surface area contributed by atoms with Crippen molar-refractivity contribution in [3.63, 3.8) is 0 Å². The predicted molar refractivity (Wildman–Crippen MR) is 96.3 cm³/mol. The van der Waals surface area contributed by atoms with Gasteiger partial charge in [-0.1, -0.05) is 6.07 Å². The van der Waals surface area contributed by atoms with Crippen molar-refractivity contribution in [3.05, 3.63) is 48.5 Å². The maximum atomic E-state index is 11.8. The molecule has 132 valence electrons. The van der Waals surface area contributed by atoms with Crippen molar-refractivity contribution in [2.45, 2.75) is 4.90 Å². The highest BCUT2D eigenvalue weighted by molar-refractivity contribution is 7.98. The molecule has 1 N–H and O–H groups in total. The highest BCUT2D eigenvalue weighted by Gasteiger charge is 2.09. The minimum absolute atomic E-state index is 0.276. The molecule has 0 atom stereocenters. The van der Waals surface area contributed by atoms with E-state index in [1.165, 1.54) is 0 Å². The van der Waals surface area contributed by atoms with E-state index in [2.05, 4.69) is 5.32 Å². The number of carbonyl (C=O) groups excluding carboxylic acids is 2. The van der Waals surface area contributed by atoms with Crippen LogP contribution in [0.25, 0.3) is 0 Å². The number of carbonyl (C=O) groups is 2. The third-order valence-corrected chi connectivity index (χ3v) is 3.86. The van der Waals surface area contributed by atoms with Crippen LogP contribution in [0.4, 0.5) is 5.69 Å². The van der Waals surface area contributed by atoms with E-state index in [0.717, 1.165) is 4.90 Å². The third-order valence-electron chi connectivity index (χ3n) is 3.13. The Morgan fingerprint density at radius 3 is 2.44 bits per heavy atom. The molecule has 0 aromatic heterocycles. The van der Waals surface area contributed by atoms with Crippen molar-refractivity contribution < 1.29 is 23.8 Å². The highest BCUT2D eigenvalue weighted by atomic mass is 32.2. The van der Waals surface area contributed by atoms with Gasteiger partial charge in [0.2, 0.25) is 0 Å². The van der Waals surface area contributed by atoms with Gasteiger partial charge in [0.1, 0.15) is 11.5 Å². The Bertz CT molecular complexity index is 718. The van der Waals surface area contributed by atoms with Gasteiger partial charge >= 0.3 is 5.97 Å². The normalized spacial score (nSPS) is 10.0. The van der Waals surface area contributed by atoms with E-state index >= 15 is 0 Å². The van der Waals surface area contributed by atoms with Crippen LogP contribution in [0.15, 0.2) is 53.4 Å². The van der Waals surface area contributed by atoms with E-state index in [9.17, 15) is 9.59 Å². The number of hydrogen-bond donors (Lipinski definition) is 1. The molecule has 0 fully saturated rings. The lowest BCUT2D eigenvalue weighted by molar-refractivity contribution is -0.149. The van der Waals surface area contributed by atoms with Crippen molar-refractivity contribution >= 4 is 29.3 Å². The molecule has 2 aromatic carbocycles. The van der Waals surface area contributed by atoms with Crippen LogP contribution in [0.2, 0.25) is 0 Å². The third kappa shape index (κ3) is 6.39. The lowest BCUT2D eigenvalue weighted by Gasteiger charge is -2.09. The Hall–Kier alpha value is -2.67. The van der Waals surface area contributed by atoms with E-state index in [0.29, 0.717) is 17.2 Å². The van der Waals surface area contributed by atoms with E-state index in [1.54, 1.807) is 49.2 Å². The fourth-order valence-corrected chi connectivity index (χ4v) is 2.36. The Balaban J connectivity index is 1.72. The number of hydrogen-bond acceptors (Lipinski definition) is 6. The molecule has 0 spiro atoms. The van der Waals surface area contributed by atoms with Crippen molar-refractivity contribution in [1.29, 1.82) is 0 Å². The molecule has 0 bridgehead atoms. The summed E-state index contributed by atoms with van der Waals surface area (Å²) in [4.78, 5) is 24.5. The van der Waals surface area contributed by atoms with Gasteiger partial charge in [0, 0.05) is 10.6 Å². The lowest BCUT2D eigenvalue weighted by Crippen LogP contribution is -2.23. The van der Waals surface area contributed by atoms with Crippen molar-refractivity contribution in [2.24, 2.45) is 0 Å². The van der Waals surface area contributed by atoms with Gasteiger partial charge in [0.25, 0.3) is 5.91 Å². The molecule has 2 aromatic rings. The first-order valence-corrected chi connectivity index (χ1v) is 8.69. The van der Waals surface area contributed by atoms with Gasteiger partial charge in [-0.2, -0.15) is 0 Å². The summed E-state index contributed by atoms with van der Waals surface area (Å²) >= 11 is 1.57. The molecule has 0 saturated carbocycles.